The number of hydrogen-bond donors (Lipinski definition) is 1. The summed E-state index contributed by atoms with van der Waals surface area (Å²) in [5, 5.41) is 2.65. The van der Waals surface area contributed by atoms with Gasteiger partial charge in [0.25, 0.3) is 5.91 Å². The third kappa shape index (κ3) is 2.98. The predicted octanol–water partition coefficient (Wildman–Crippen LogP) is 2.22. The summed E-state index contributed by atoms with van der Waals surface area (Å²) in [6, 6.07) is 3.96. The number of aromatic nitrogens is 3. The average molecular weight is 267 g/mol. The van der Waals surface area contributed by atoms with Crippen LogP contribution in [-0.4, -0.2) is 20.9 Å². The fourth-order valence-electron chi connectivity index (χ4n) is 1.30. The van der Waals surface area contributed by atoms with Gasteiger partial charge >= 0.3 is 0 Å². The number of hydrogen-bond acceptors (Lipinski definition) is 4. The van der Waals surface area contributed by atoms with E-state index in [1.807, 2.05) is 0 Å². The van der Waals surface area contributed by atoms with Crippen LogP contribution in [0.4, 0.5) is 10.3 Å². The molecule has 0 bridgehead atoms. The van der Waals surface area contributed by atoms with Crippen LogP contribution in [0.25, 0.3) is 0 Å². The molecule has 1 N–H and O–H groups in total. The highest BCUT2D eigenvalue weighted by molar-refractivity contribution is 6.29. The maximum absolute atomic E-state index is 12.9. The second-order valence-electron chi connectivity index (χ2n) is 3.48. The molecule has 1 amide bonds. The SMILES string of the molecule is Cc1cc(Cl)nc(NC(=O)c2ccnc(F)c2)n1. The van der Waals surface area contributed by atoms with Crippen molar-refractivity contribution in [2.45, 2.75) is 6.92 Å². The number of nitrogens with zero attached hydrogens (tertiary/aromatic N) is 3. The Morgan fingerprint density at radius 2 is 2.17 bits per heavy atom. The zero-order valence-corrected chi connectivity index (χ0v) is 10.1. The third-order valence-corrected chi connectivity index (χ3v) is 2.23. The molecule has 2 aromatic heterocycles. The second kappa shape index (κ2) is 5.05. The number of nitrogens with one attached hydrogen (secondary N) is 1. The fourth-order valence-corrected chi connectivity index (χ4v) is 1.54. The minimum Gasteiger partial charge on any atom is -0.290 e. The number of amides is 1. The number of rotatable bonds is 2. The maximum atomic E-state index is 12.9. The van der Waals surface area contributed by atoms with Crippen molar-refractivity contribution >= 4 is 23.5 Å². The molecular weight excluding hydrogens is 259 g/mol. The van der Waals surface area contributed by atoms with Crippen LogP contribution in [0.5, 0.6) is 0 Å². The molecule has 2 heterocycles. The summed E-state index contributed by atoms with van der Waals surface area (Å²) in [5.74, 6) is -1.19. The van der Waals surface area contributed by atoms with E-state index in [1.54, 1.807) is 13.0 Å². The van der Waals surface area contributed by atoms with Gasteiger partial charge in [0.1, 0.15) is 5.15 Å². The van der Waals surface area contributed by atoms with E-state index in [4.69, 9.17) is 11.6 Å². The molecule has 0 aliphatic heterocycles. The molecule has 0 unspecified atom stereocenters. The molecule has 18 heavy (non-hydrogen) atoms. The van der Waals surface area contributed by atoms with E-state index in [0.717, 1.165) is 6.07 Å². The van der Waals surface area contributed by atoms with Gasteiger partial charge in [0, 0.05) is 23.5 Å². The van der Waals surface area contributed by atoms with E-state index in [2.05, 4.69) is 20.3 Å². The number of carbonyl (C=O) groups is 1. The van der Waals surface area contributed by atoms with Crippen molar-refractivity contribution in [2.75, 3.05) is 5.32 Å². The average Bonchev–Trinajstić information content (AvgIpc) is 2.27. The van der Waals surface area contributed by atoms with Gasteiger partial charge in [-0.05, 0) is 19.1 Å². The molecule has 0 fully saturated rings. The van der Waals surface area contributed by atoms with Gasteiger partial charge in [0.05, 0.1) is 0 Å². The van der Waals surface area contributed by atoms with E-state index in [9.17, 15) is 9.18 Å². The first kappa shape index (κ1) is 12.4. The van der Waals surface area contributed by atoms with Crippen molar-refractivity contribution in [3.63, 3.8) is 0 Å². The Balaban J connectivity index is 2.21. The summed E-state index contributed by atoms with van der Waals surface area (Å²) in [5.41, 5.74) is 0.745. The molecule has 92 valence electrons. The largest absolute Gasteiger partial charge is 0.290 e. The summed E-state index contributed by atoms with van der Waals surface area (Å²) in [4.78, 5) is 22.9. The summed E-state index contributed by atoms with van der Waals surface area (Å²) in [6.07, 6.45) is 1.20. The van der Waals surface area contributed by atoms with Gasteiger partial charge in [-0.25, -0.2) is 15.0 Å². The van der Waals surface area contributed by atoms with E-state index in [0.29, 0.717) is 5.69 Å². The monoisotopic (exact) mass is 266 g/mol. The van der Waals surface area contributed by atoms with E-state index in [1.165, 1.54) is 12.3 Å². The number of carbonyl (C=O) groups excluding carboxylic acids is 1. The Morgan fingerprint density at radius 1 is 1.39 bits per heavy atom. The normalized spacial score (nSPS) is 10.2. The number of halogens is 2. The Bertz CT molecular complexity index is 585. The van der Waals surface area contributed by atoms with Crippen molar-refractivity contribution in [1.82, 2.24) is 15.0 Å². The van der Waals surface area contributed by atoms with Crippen molar-refractivity contribution in [3.05, 3.63) is 46.8 Å². The van der Waals surface area contributed by atoms with Crippen LogP contribution in [0.3, 0.4) is 0 Å². The zero-order chi connectivity index (χ0) is 13.1. The second-order valence-corrected chi connectivity index (χ2v) is 3.86. The van der Waals surface area contributed by atoms with Crippen molar-refractivity contribution in [2.24, 2.45) is 0 Å². The molecule has 0 atom stereocenters. The van der Waals surface area contributed by atoms with Gasteiger partial charge in [-0.1, -0.05) is 11.6 Å². The molecule has 0 saturated carbocycles. The van der Waals surface area contributed by atoms with Crippen LogP contribution in [0.1, 0.15) is 16.1 Å². The van der Waals surface area contributed by atoms with Crippen LogP contribution in [0.15, 0.2) is 24.4 Å². The van der Waals surface area contributed by atoms with E-state index in [-0.39, 0.29) is 16.7 Å². The van der Waals surface area contributed by atoms with Crippen molar-refractivity contribution in [1.29, 1.82) is 0 Å². The molecule has 5 nitrogen and oxygen atoms in total. The molecule has 0 radical (unpaired) electrons. The van der Waals surface area contributed by atoms with Crippen molar-refractivity contribution in [3.8, 4) is 0 Å². The van der Waals surface area contributed by atoms with Crippen LogP contribution < -0.4 is 5.32 Å². The number of aryl methyl sites for hydroxylation is 1. The van der Waals surface area contributed by atoms with E-state index >= 15 is 0 Å². The van der Waals surface area contributed by atoms with Crippen LogP contribution in [0.2, 0.25) is 5.15 Å². The Labute approximate surface area is 107 Å². The lowest BCUT2D eigenvalue weighted by molar-refractivity contribution is 0.102. The molecule has 0 spiro atoms. The number of pyridine rings is 1. The Morgan fingerprint density at radius 3 is 2.83 bits per heavy atom. The first-order valence-electron chi connectivity index (χ1n) is 4.99. The highest BCUT2D eigenvalue weighted by Crippen LogP contribution is 2.11. The predicted molar refractivity (Wildman–Crippen MR) is 63.9 cm³/mol. The third-order valence-electron chi connectivity index (χ3n) is 2.04. The van der Waals surface area contributed by atoms with Crippen LogP contribution in [0, 0.1) is 12.9 Å². The lowest BCUT2D eigenvalue weighted by Crippen LogP contribution is -2.15. The zero-order valence-electron chi connectivity index (χ0n) is 9.32. The highest BCUT2D eigenvalue weighted by atomic mass is 35.5. The molecule has 0 saturated heterocycles. The fraction of sp³-hybridized carbons (Fsp3) is 0.0909. The summed E-state index contributed by atoms with van der Waals surface area (Å²) in [6.45, 7) is 1.72. The maximum Gasteiger partial charge on any atom is 0.258 e. The smallest absolute Gasteiger partial charge is 0.258 e. The van der Waals surface area contributed by atoms with Gasteiger partial charge in [-0.15, -0.1) is 0 Å². The van der Waals surface area contributed by atoms with Gasteiger partial charge in [0.2, 0.25) is 11.9 Å². The van der Waals surface area contributed by atoms with Gasteiger partial charge in [0.15, 0.2) is 0 Å². The Hall–Kier alpha value is -2.08. The highest BCUT2D eigenvalue weighted by Gasteiger charge is 2.09. The number of anilines is 1. The first-order valence-corrected chi connectivity index (χ1v) is 5.36. The van der Waals surface area contributed by atoms with Gasteiger partial charge in [-0.3, -0.25) is 10.1 Å². The van der Waals surface area contributed by atoms with Crippen molar-refractivity contribution < 1.29 is 9.18 Å². The quantitative estimate of drug-likeness (QED) is 0.668. The minimum atomic E-state index is -0.731. The molecule has 2 aromatic rings. The standard InChI is InChI=1S/C11H8ClFN4O/c1-6-4-8(12)16-11(15-6)17-10(18)7-2-3-14-9(13)5-7/h2-5H,1H3,(H,15,16,17,18). The molecular formula is C11H8ClFN4O. The lowest BCUT2D eigenvalue weighted by Gasteiger charge is -2.04. The molecule has 7 heteroatoms. The summed E-state index contributed by atoms with van der Waals surface area (Å²) >= 11 is 5.73. The first-order chi connectivity index (χ1) is 8.54. The summed E-state index contributed by atoms with van der Waals surface area (Å²) in [7, 11) is 0. The van der Waals surface area contributed by atoms with E-state index < -0.39 is 11.9 Å². The minimum absolute atomic E-state index is 0.0715. The molecule has 0 aromatic carbocycles. The lowest BCUT2D eigenvalue weighted by atomic mass is 10.2. The Kier molecular flexibility index (Phi) is 3.47. The molecule has 0 aliphatic rings. The molecule has 0 aliphatic carbocycles. The van der Waals surface area contributed by atoms with Crippen LogP contribution >= 0.6 is 11.6 Å². The molecule has 2 rings (SSSR count). The van der Waals surface area contributed by atoms with Gasteiger partial charge < -0.3 is 0 Å². The van der Waals surface area contributed by atoms with Crippen LogP contribution in [-0.2, 0) is 0 Å². The summed E-state index contributed by atoms with van der Waals surface area (Å²) < 4.78 is 12.9. The van der Waals surface area contributed by atoms with Gasteiger partial charge in [-0.2, -0.15) is 4.39 Å². The topological polar surface area (TPSA) is 67.8 Å².